The summed E-state index contributed by atoms with van der Waals surface area (Å²) in [7, 11) is 1.42. The lowest BCUT2D eigenvalue weighted by molar-refractivity contribution is -0.160. The lowest BCUT2D eigenvalue weighted by Crippen LogP contribution is -2.46. The Morgan fingerprint density at radius 2 is 1.65 bits per heavy atom. The number of nitrogens with zero attached hydrogens (tertiary/aromatic N) is 2. The molecule has 3 aromatic carbocycles. The number of benzene rings is 3. The highest BCUT2D eigenvalue weighted by Gasteiger charge is 2.50. The quantitative estimate of drug-likeness (QED) is 0.0790. The van der Waals surface area contributed by atoms with Crippen LogP contribution in [0.25, 0.3) is 10.8 Å². The van der Waals surface area contributed by atoms with E-state index in [0.29, 0.717) is 12.0 Å². The lowest BCUT2D eigenvalue weighted by Gasteiger charge is -2.38. The molecule has 5 bridgehead atoms. The zero-order valence-corrected chi connectivity index (χ0v) is 36.7. The Hall–Kier alpha value is -6.23. The number of hydrogen-bond donors (Lipinski definition) is 6. The summed E-state index contributed by atoms with van der Waals surface area (Å²) < 4.78 is 23.6. The minimum absolute atomic E-state index is 0.00515. The second-order valence-corrected chi connectivity index (χ2v) is 16.7. The van der Waals surface area contributed by atoms with Gasteiger partial charge < -0.3 is 49.8 Å². The number of phenolic OH excluding ortho intramolecular Hbond substituents is 3. The number of carbonyl (C=O) groups is 4. The van der Waals surface area contributed by atoms with E-state index >= 15 is 0 Å². The number of aliphatic hydroxyl groups is 2. The van der Waals surface area contributed by atoms with Crippen molar-refractivity contribution in [1.29, 1.82) is 0 Å². The number of hydrazone groups is 1. The fourth-order valence-corrected chi connectivity index (χ4v) is 8.52. The predicted octanol–water partition coefficient (Wildman–Crippen LogP) is 5.79. The Morgan fingerprint density at radius 1 is 0.952 bits per heavy atom. The Labute approximate surface area is 365 Å². The maximum atomic E-state index is 14.5. The van der Waals surface area contributed by atoms with Crippen LogP contribution in [-0.2, 0) is 30.2 Å². The number of anilines is 1. The summed E-state index contributed by atoms with van der Waals surface area (Å²) >= 11 is 0. The third kappa shape index (κ3) is 8.62. The number of nitrogens with one attached hydrogen (secondary N) is 1. The number of amides is 2. The van der Waals surface area contributed by atoms with E-state index < -0.39 is 94.7 Å². The molecule has 6 N–H and O–H groups in total. The zero-order chi connectivity index (χ0) is 46.2. The second-order valence-electron chi connectivity index (χ2n) is 16.7. The fourth-order valence-electron chi connectivity index (χ4n) is 8.52. The molecule has 9 unspecified atom stereocenters. The molecule has 0 aliphatic carbocycles. The van der Waals surface area contributed by atoms with Crippen LogP contribution >= 0.6 is 0 Å². The average molecular weight is 870 g/mol. The molecule has 7 rings (SSSR count). The number of allylic oxidation sites excluding steroid dienone is 2. The summed E-state index contributed by atoms with van der Waals surface area (Å²) in [6, 6.07) is 7.05. The molecule has 4 aliphatic rings. The van der Waals surface area contributed by atoms with E-state index in [-0.39, 0.29) is 51.0 Å². The van der Waals surface area contributed by atoms with Gasteiger partial charge >= 0.3 is 11.8 Å². The molecule has 9 atom stereocenters. The Kier molecular flexibility index (Phi) is 13.4. The number of aliphatic hydroxyl groups excluding tert-OH is 2. The van der Waals surface area contributed by atoms with Gasteiger partial charge in [-0.05, 0) is 38.0 Å². The maximum Gasteiger partial charge on any atom is 0.312 e. The molecule has 0 saturated heterocycles. The van der Waals surface area contributed by atoms with Crippen molar-refractivity contribution >= 4 is 46.2 Å². The first-order valence-electron chi connectivity index (χ1n) is 20.8. The summed E-state index contributed by atoms with van der Waals surface area (Å²) in [6.07, 6.45) is 4.85. The molecule has 16 nitrogen and oxygen atoms in total. The van der Waals surface area contributed by atoms with Crippen LogP contribution in [0, 0.1) is 30.6 Å². The van der Waals surface area contributed by atoms with Gasteiger partial charge in [-0.3, -0.25) is 19.2 Å². The molecule has 16 heteroatoms. The van der Waals surface area contributed by atoms with Gasteiger partial charge in [0.25, 0.3) is 17.6 Å². The number of rotatable bonds is 4. The number of ketones is 1. The minimum atomic E-state index is -2.10. The topological polar surface area (TPSA) is 234 Å². The molecule has 0 aromatic heterocycles. The van der Waals surface area contributed by atoms with Crippen molar-refractivity contribution in [2.24, 2.45) is 28.8 Å². The summed E-state index contributed by atoms with van der Waals surface area (Å²) in [4.78, 5) is 54.2. The third-order valence-electron chi connectivity index (χ3n) is 12.4. The van der Waals surface area contributed by atoms with Crippen LogP contribution in [0.4, 0.5) is 5.69 Å². The van der Waals surface area contributed by atoms with Gasteiger partial charge in [-0.15, -0.1) is 0 Å². The summed E-state index contributed by atoms with van der Waals surface area (Å²) in [5, 5.41) is 66.2. The van der Waals surface area contributed by atoms with Gasteiger partial charge in [0, 0.05) is 73.3 Å². The Balaban J connectivity index is 1.53. The molecule has 3 aromatic rings. The van der Waals surface area contributed by atoms with E-state index in [1.54, 1.807) is 52.0 Å². The molecule has 336 valence electrons. The standard InChI is InChI=1S/C47H55N3O13/c1-22-13-12-14-23(2)45(58)49-36-31(21-48-50-19-17-29-15-10-11-16-30(29)46(50)59)40(55)33-34(41(36)56)39(54)27(6)43-35(33)44(57)47(8,63-43)61-20-18-32(60-9)24(3)42(62-28(7)51)26(5)38(53)25(4)37(22)52/h10-16,18,20-22,24-26,32,37-38,42,52-56H,17,19H2,1-9H3,(H,49,58). The smallest absolute Gasteiger partial charge is 0.312 e. The Morgan fingerprint density at radius 3 is 2.33 bits per heavy atom. The minimum Gasteiger partial charge on any atom is -0.507 e. The van der Waals surface area contributed by atoms with E-state index in [9.17, 15) is 44.7 Å². The van der Waals surface area contributed by atoms with Crippen molar-refractivity contribution in [2.45, 2.75) is 92.0 Å². The predicted molar refractivity (Wildman–Crippen MR) is 233 cm³/mol. The summed E-state index contributed by atoms with van der Waals surface area (Å²) in [5.41, 5.74) is 0.428. The summed E-state index contributed by atoms with van der Waals surface area (Å²) in [5.74, 6) is -9.45. The van der Waals surface area contributed by atoms with Crippen LogP contribution in [0.2, 0.25) is 0 Å². The number of aromatic hydroxyl groups is 3. The van der Waals surface area contributed by atoms with Gasteiger partial charge in [0.15, 0.2) is 5.75 Å². The number of phenols is 3. The van der Waals surface area contributed by atoms with Gasteiger partial charge in [0.2, 0.25) is 0 Å². The number of esters is 1. The van der Waals surface area contributed by atoms with E-state index in [1.165, 1.54) is 58.2 Å². The number of fused-ring (bicyclic) bond motifs is 15. The van der Waals surface area contributed by atoms with Gasteiger partial charge in [0.05, 0.1) is 53.0 Å². The highest BCUT2D eigenvalue weighted by atomic mass is 16.7. The fraction of sp³-hybridized carbons (Fsp3) is 0.426. The number of Topliss-reactive ketones (excluding diaryl/α,β-unsaturated/α-hetero) is 1. The van der Waals surface area contributed by atoms with Crippen LogP contribution in [0.5, 0.6) is 23.0 Å². The van der Waals surface area contributed by atoms with Gasteiger partial charge in [0.1, 0.15) is 23.4 Å². The van der Waals surface area contributed by atoms with Crippen LogP contribution in [0.1, 0.15) is 85.9 Å². The third-order valence-corrected chi connectivity index (χ3v) is 12.4. The van der Waals surface area contributed by atoms with E-state index in [1.807, 2.05) is 12.1 Å². The lowest BCUT2D eigenvalue weighted by atomic mass is 9.78. The van der Waals surface area contributed by atoms with Crippen molar-refractivity contribution in [3.05, 3.63) is 88.2 Å². The van der Waals surface area contributed by atoms with E-state index in [0.717, 1.165) is 11.8 Å². The molecule has 0 saturated carbocycles. The molecule has 63 heavy (non-hydrogen) atoms. The number of hydrogen-bond acceptors (Lipinski definition) is 14. The van der Waals surface area contributed by atoms with Crippen LogP contribution in [-0.4, -0.2) is 104 Å². The first-order chi connectivity index (χ1) is 29.7. The molecule has 0 radical (unpaired) electrons. The van der Waals surface area contributed by atoms with Crippen LogP contribution in [0.15, 0.2) is 65.5 Å². The molecule has 4 heterocycles. The first-order valence-corrected chi connectivity index (χ1v) is 20.8. The molecule has 0 fully saturated rings. The highest BCUT2D eigenvalue weighted by Crippen LogP contribution is 2.55. The number of methoxy groups -OCH3 is 1. The molecule has 4 aliphatic heterocycles. The molecular weight excluding hydrogens is 815 g/mol. The molecule has 2 amide bonds. The van der Waals surface area contributed by atoms with Crippen molar-refractivity contribution in [3.8, 4) is 23.0 Å². The number of carbonyl (C=O) groups excluding carboxylic acids is 4. The highest BCUT2D eigenvalue weighted by molar-refractivity contribution is 6.24. The first kappa shape index (κ1) is 46.3. The summed E-state index contributed by atoms with van der Waals surface area (Å²) in [6.45, 7) is 12.5. The van der Waals surface area contributed by atoms with Gasteiger partial charge in [-0.25, -0.2) is 5.01 Å². The molecular formula is C47H55N3O13. The van der Waals surface area contributed by atoms with Crippen molar-refractivity contribution in [1.82, 2.24) is 5.01 Å². The zero-order valence-electron chi connectivity index (χ0n) is 36.7. The van der Waals surface area contributed by atoms with Crippen LogP contribution < -0.4 is 10.1 Å². The maximum absolute atomic E-state index is 14.5. The average Bonchev–Trinajstić information content (AvgIpc) is 3.52. The van der Waals surface area contributed by atoms with Crippen molar-refractivity contribution in [2.75, 3.05) is 19.0 Å². The second kappa shape index (κ2) is 18.2. The van der Waals surface area contributed by atoms with Gasteiger partial charge in [-0.2, -0.15) is 5.10 Å². The van der Waals surface area contributed by atoms with Crippen molar-refractivity contribution < 1.29 is 63.7 Å². The largest absolute Gasteiger partial charge is 0.507 e. The number of ether oxygens (including phenoxy) is 4. The van der Waals surface area contributed by atoms with Crippen molar-refractivity contribution in [3.63, 3.8) is 0 Å². The van der Waals surface area contributed by atoms with Crippen LogP contribution in [0.3, 0.4) is 0 Å². The van der Waals surface area contributed by atoms with Gasteiger partial charge in [-0.1, -0.05) is 64.1 Å². The monoisotopic (exact) mass is 869 g/mol. The van der Waals surface area contributed by atoms with E-state index in [2.05, 4.69) is 10.4 Å². The normalized spacial score (nSPS) is 28.2. The Bertz CT molecular complexity index is 2460. The SMILES string of the molecule is COC1C=COC2(C)Oc3c(C)c(O)c4c(O)c(c(C=NN5CCc6ccccc6C5=O)c(O)c4c3C2=O)NC(=O)C(C)=CC=CC(C)C(O)C(C)C(O)C(C)C(OC(C)=O)C1C. The van der Waals surface area contributed by atoms with E-state index in [4.69, 9.17) is 18.9 Å². The molecule has 0 spiro atoms.